The first-order valence-electron chi connectivity index (χ1n) is 14.7. The number of allylic oxidation sites excluding steroid dienone is 1. The smallest absolute Gasteiger partial charge is 0.408 e. The highest BCUT2D eigenvalue weighted by Gasteiger charge is 2.43. The Hall–Kier alpha value is -4.06. The van der Waals surface area contributed by atoms with Crippen LogP contribution in [-0.4, -0.2) is 34.2 Å². The summed E-state index contributed by atoms with van der Waals surface area (Å²) in [6, 6.07) is 10.2. The van der Waals surface area contributed by atoms with Crippen molar-refractivity contribution < 1.29 is 27.8 Å². The number of hydrogen-bond donors (Lipinski definition) is 3. The fraction of sp³-hybridized carbons (Fsp3) is 0.394. The number of halogens is 3. The summed E-state index contributed by atoms with van der Waals surface area (Å²) in [4.78, 5) is 34.6. The third-order valence-electron chi connectivity index (χ3n) is 7.35. The highest BCUT2D eigenvalue weighted by atomic mass is 79.9. The van der Waals surface area contributed by atoms with E-state index in [1.807, 2.05) is 32.9 Å². The SMILES string of the molecule is C=CCC(C)C(=O)Nc1ccc(-c2cnc(C3(NC(=O)OC(C)(C)C)CCC3)nc2)cc1NCc1c(Br)cccc1OC(F)F. The summed E-state index contributed by atoms with van der Waals surface area (Å²) in [5, 5.41) is 9.19. The molecular weight excluding hydrogens is 648 g/mol. The van der Waals surface area contributed by atoms with Gasteiger partial charge in [-0.05, 0) is 76.3 Å². The number of amides is 2. The van der Waals surface area contributed by atoms with Crippen LogP contribution >= 0.6 is 15.9 Å². The molecule has 240 valence electrons. The molecule has 1 atom stereocenters. The Morgan fingerprint density at radius 3 is 2.42 bits per heavy atom. The van der Waals surface area contributed by atoms with Gasteiger partial charge in [0.05, 0.1) is 11.4 Å². The van der Waals surface area contributed by atoms with Gasteiger partial charge in [0.2, 0.25) is 5.91 Å². The van der Waals surface area contributed by atoms with Gasteiger partial charge in [-0.2, -0.15) is 8.78 Å². The molecule has 0 saturated heterocycles. The molecule has 0 bridgehead atoms. The summed E-state index contributed by atoms with van der Waals surface area (Å²) in [5.74, 6) is 0.0343. The normalized spacial score (nSPS) is 14.6. The maximum absolute atomic E-state index is 13.1. The molecule has 2 amide bonds. The minimum atomic E-state index is -2.98. The molecule has 1 heterocycles. The van der Waals surface area contributed by atoms with Crippen molar-refractivity contribution in [2.24, 2.45) is 5.92 Å². The van der Waals surface area contributed by atoms with E-state index in [0.717, 1.165) is 12.0 Å². The zero-order valence-corrected chi connectivity index (χ0v) is 27.3. The molecule has 1 aromatic heterocycles. The van der Waals surface area contributed by atoms with E-state index in [9.17, 15) is 18.4 Å². The Balaban J connectivity index is 1.61. The summed E-state index contributed by atoms with van der Waals surface area (Å²) in [5.41, 5.74) is 1.68. The Morgan fingerprint density at radius 2 is 1.82 bits per heavy atom. The molecule has 1 aliphatic rings. The molecule has 0 aliphatic heterocycles. The highest BCUT2D eigenvalue weighted by molar-refractivity contribution is 9.10. The van der Waals surface area contributed by atoms with E-state index in [1.165, 1.54) is 6.07 Å². The van der Waals surface area contributed by atoms with Gasteiger partial charge in [0.1, 0.15) is 16.9 Å². The molecule has 0 spiro atoms. The van der Waals surface area contributed by atoms with Gasteiger partial charge in [-0.25, -0.2) is 14.8 Å². The van der Waals surface area contributed by atoms with Crippen LogP contribution in [0.2, 0.25) is 0 Å². The van der Waals surface area contributed by atoms with E-state index in [0.29, 0.717) is 52.1 Å². The predicted octanol–water partition coefficient (Wildman–Crippen LogP) is 8.17. The van der Waals surface area contributed by atoms with E-state index < -0.39 is 23.8 Å². The number of nitrogens with zero attached hydrogens (tertiary/aromatic N) is 2. The van der Waals surface area contributed by atoms with Crippen molar-refractivity contribution in [2.75, 3.05) is 10.6 Å². The molecular formula is C33H38BrF2N5O4. The maximum atomic E-state index is 13.1. The molecule has 9 nitrogen and oxygen atoms in total. The lowest BCUT2D eigenvalue weighted by Gasteiger charge is -2.41. The number of benzene rings is 2. The zero-order chi connectivity index (χ0) is 32.8. The molecule has 12 heteroatoms. The zero-order valence-electron chi connectivity index (χ0n) is 25.8. The van der Waals surface area contributed by atoms with E-state index in [-0.39, 0.29) is 24.1 Å². The number of carbonyl (C=O) groups is 2. The Morgan fingerprint density at radius 1 is 1.11 bits per heavy atom. The summed E-state index contributed by atoms with van der Waals surface area (Å²) in [6.45, 7) is 8.07. The number of ether oxygens (including phenoxy) is 2. The van der Waals surface area contributed by atoms with Crippen molar-refractivity contribution >= 4 is 39.3 Å². The monoisotopic (exact) mass is 685 g/mol. The molecule has 1 saturated carbocycles. The standard InChI is InChI=1S/C33H38BrF2N5O4/c1-6-9-20(2)28(42)40-25-13-12-21(16-26(25)37-19-23-24(34)10-7-11-27(23)44-30(35)36)22-17-38-29(39-18-22)33(14-8-15-33)41-31(43)45-32(3,4)5/h6-7,10-13,16-18,20,30,37H,1,8-9,14-15,19H2,2-5H3,(H,40,42)(H,41,43). The highest BCUT2D eigenvalue weighted by Crippen LogP contribution is 2.40. The molecule has 1 unspecified atom stereocenters. The summed E-state index contributed by atoms with van der Waals surface area (Å²) in [7, 11) is 0. The number of carbonyl (C=O) groups excluding carboxylic acids is 2. The summed E-state index contributed by atoms with van der Waals surface area (Å²) in [6.07, 6.45) is 7.37. The number of aromatic nitrogens is 2. The maximum Gasteiger partial charge on any atom is 0.408 e. The lowest BCUT2D eigenvalue weighted by atomic mass is 9.76. The average molecular weight is 687 g/mol. The molecule has 45 heavy (non-hydrogen) atoms. The largest absolute Gasteiger partial charge is 0.444 e. The van der Waals surface area contributed by atoms with Gasteiger partial charge in [0.15, 0.2) is 5.82 Å². The molecule has 0 radical (unpaired) electrons. The number of alkyl carbamates (subject to hydrolysis) is 1. The molecule has 3 N–H and O–H groups in total. The number of rotatable bonds is 12. The van der Waals surface area contributed by atoms with Crippen molar-refractivity contribution in [1.29, 1.82) is 0 Å². The summed E-state index contributed by atoms with van der Waals surface area (Å²) >= 11 is 3.42. The minimum Gasteiger partial charge on any atom is -0.444 e. The number of anilines is 2. The van der Waals surface area contributed by atoms with Crippen LogP contribution < -0.4 is 20.7 Å². The quantitative estimate of drug-likeness (QED) is 0.165. The van der Waals surface area contributed by atoms with Crippen LogP contribution in [0.3, 0.4) is 0 Å². The Labute approximate surface area is 270 Å². The van der Waals surface area contributed by atoms with Gasteiger partial charge in [0, 0.05) is 40.5 Å². The third kappa shape index (κ3) is 8.78. The van der Waals surface area contributed by atoms with E-state index in [2.05, 4.69) is 48.4 Å². The minimum absolute atomic E-state index is 0.0297. The van der Waals surface area contributed by atoms with Crippen LogP contribution in [0.5, 0.6) is 5.75 Å². The van der Waals surface area contributed by atoms with Gasteiger partial charge in [-0.15, -0.1) is 6.58 Å². The van der Waals surface area contributed by atoms with Crippen LogP contribution in [0.1, 0.15) is 64.8 Å². The number of alkyl halides is 2. The van der Waals surface area contributed by atoms with Gasteiger partial charge < -0.3 is 25.4 Å². The van der Waals surface area contributed by atoms with Crippen molar-refractivity contribution in [1.82, 2.24) is 15.3 Å². The predicted molar refractivity (Wildman–Crippen MR) is 173 cm³/mol. The second-order valence-corrected chi connectivity index (χ2v) is 12.8. The van der Waals surface area contributed by atoms with Crippen LogP contribution in [0.15, 0.2) is 65.9 Å². The van der Waals surface area contributed by atoms with Gasteiger partial charge in [-0.1, -0.05) is 41.1 Å². The lowest BCUT2D eigenvalue weighted by Crippen LogP contribution is -2.53. The van der Waals surface area contributed by atoms with Crippen molar-refractivity contribution in [3.05, 3.63) is 77.3 Å². The first-order chi connectivity index (χ1) is 21.3. The van der Waals surface area contributed by atoms with Gasteiger partial charge >= 0.3 is 12.7 Å². The third-order valence-corrected chi connectivity index (χ3v) is 8.10. The Kier molecular flexibility index (Phi) is 10.8. The first-order valence-corrected chi connectivity index (χ1v) is 15.5. The van der Waals surface area contributed by atoms with Crippen molar-refractivity contribution in [3.8, 4) is 16.9 Å². The van der Waals surface area contributed by atoms with Crippen molar-refractivity contribution in [3.63, 3.8) is 0 Å². The van der Waals surface area contributed by atoms with E-state index >= 15 is 0 Å². The second kappa shape index (κ2) is 14.4. The van der Waals surface area contributed by atoms with Crippen LogP contribution in [-0.2, 0) is 21.6 Å². The van der Waals surface area contributed by atoms with Gasteiger partial charge in [-0.3, -0.25) is 4.79 Å². The number of nitrogens with one attached hydrogen (secondary N) is 3. The first kappa shape index (κ1) is 33.8. The molecule has 3 aromatic rings. The second-order valence-electron chi connectivity index (χ2n) is 12.0. The lowest BCUT2D eigenvalue weighted by molar-refractivity contribution is -0.119. The topological polar surface area (TPSA) is 114 Å². The number of hydrogen-bond acceptors (Lipinski definition) is 7. The molecule has 2 aromatic carbocycles. The summed E-state index contributed by atoms with van der Waals surface area (Å²) < 4.78 is 36.9. The van der Waals surface area contributed by atoms with Gasteiger partial charge in [0.25, 0.3) is 0 Å². The van der Waals surface area contributed by atoms with Crippen LogP contribution in [0.25, 0.3) is 11.1 Å². The van der Waals surface area contributed by atoms with Crippen LogP contribution in [0.4, 0.5) is 25.0 Å². The Bertz CT molecular complexity index is 1520. The average Bonchev–Trinajstić information content (AvgIpc) is 2.94. The van der Waals surface area contributed by atoms with E-state index in [1.54, 1.807) is 43.6 Å². The fourth-order valence-corrected chi connectivity index (χ4v) is 5.34. The van der Waals surface area contributed by atoms with Crippen LogP contribution in [0, 0.1) is 5.92 Å². The van der Waals surface area contributed by atoms with Crippen molar-refractivity contribution in [2.45, 2.75) is 77.7 Å². The molecule has 4 rings (SSSR count). The van der Waals surface area contributed by atoms with E-state index in [4.69, 9.17) is 9.47 Å². The molecule has 1 aliphatic carbocycles. The molecule has 1 fully saturated rings. The fourth-order valence-electron chi connectivity index (χ4n) is 4.85.